The molecule has 4 heteroatoms. The average molecular weight is 213 g/mol. The van der Waals surface area contributed by atoms with Gasteiger partial charge < -0.3 is 0 Å². The molecule has 0 aliphatic rings. The van der Waals surface area contributed by atoms with E-state index in [0.29, 0.717) is 5.88 Å². The Morgan fingerprint density at radius 1 is 1.62 bits per heavy atom. The van der Waals surface area contributed by atoms with Gasteiger partial charge in [-0.3, -0.25) is 5.10 Å². The fraction of sp³-hybridized carbons (Fsp3) is 0.222. The maximum atomic E-state index is 5.84. The van der Waals surface area contributed by atoms with Crippen LogP contribution in [0.3, 0.4) is 0 Å². The summed E-state index contributed by atoms with van der Waals surface area (Å²) in [5.41, 5.74) is 3.14. The van der Waals surface area contributed by atoms with E-state index in [0.717, 1.165) is 17.0 Å². The van der Waals surface area contributed by atoms with Gasteiger partial charge in [-0.05, 0) is 18.4 Å². The van der Waals surface area contributed by atoms with E-state index in [1.807, 2.05) is 18.4 Å². The van der Waals surface area contributed by atoms with Gasteiger partial charge in [0.15, 0.2) is 0 Å². The summed E-state index contributed by atoms with van der Waals surface area (Å²) in [5.74, 6) is 0.509. The SMILES string of the molecule is Cc1[nH]nc(-c2cccs2)c1CCl. The number of halogens is 1. The first-order valence-corrected chi connectivity index (χ1v) is 5.38. The van der Waals surface area contributed by atoms with E-state index in [2.05, 4.69) is 16.3 Å². The van der Waals surface area contributed by atoms with Gasteiger partial charge in [0.2, 0.25) is 0 Å². The van der Waals surface area contributed by atoms with Gasteiger partial charge in [-0.25, -0.2) is 0 Å². The number of alkyl halides is 1. The van der Waals surface area contributed by atoms with Crippen LogP contribution in [0.4, 0.5) is 0 Å². The first-order valence-electron chi connectivity index (χ1n) is 3.96. The average Bonchev–Trinajstić information content (AvgIpc) is 2.71. The molecule has 0 saturated carbocycles. The van der Waals surface area contributed by atoms with Crippen LogP contribution in [0, 0.1) is 6.92 Å². The van der Waals surface area contributed by atoms with Gasteiger partial charge >= 0.3 is 0 Å². The van der Waals surface area contributed by atoms with Crippen LogP contribution in [0.2, 0.25) is 0 Å². The smallest absolute Gasteiger partial charge is 0.107 e. The van der Waals surface area contributed by atoms with Gasteiger partial charge in [0.05, 0.1) is 10.8 Å². The van der Waals surface area contributed by atoms with E-state index < -0.39 is 0 Å². The minimum atomic E-state index is 0.509. The molecule has 0 saturated heterocycles. The Labute approximate surface area is 85.6 Å². The lowest BCUT2D eigenvalue weighted by Gasteiger charge is -1.95. The Hall–Kier alpha value is -0.800. The highest BCUT2D eigenvalue weighted by molar-refractivity contribution is 7.13. The third kappa shape index (κ3) is 1.49. The van der Waals surface area contributed by atoms with E-state index in [1.54, 1.807) is 11.3 Å². The van der Waals surface area contributed by atoms with Crippen molar-refractivity contribution in [2.24, 2.45) is 0 Å². The molecule has 2 rings (SSSR count). The van der Waals surface area contributed by atoms with Crippen LogP contribution in [0.5, 0.6) is 0 Å². The zero-order valence-electron chi connectivity index (χ0n) is 7.17. The fourth-order valence-electron chi connectivity index (χ4n) is 1.23. The number of aromatic amines is 1. The summed E-state index contributed by atoms with van der Waals surface area (Å²) >= 11 is 7.52. The van der Waals surface area contributed by atoms with Crippen LogP contribution in [0.25, 0.3) is 10.6 Å². The number of thiophene rings is 1. The minimum Gasteiger partial charge on any atom is -0.282 e. The molecule has 0 amide bonds. The molecule has 13 heavy (non-hydrogen) atoms. The van der Waals surface area contributed by atoms with E-state index in [-0.39, 0.29) is 0 Å². The first-order chi connectivity index (χ1) is 6.33. The van der Waals surface area contributed by atoms with Crippen molar-refractivity contribution in [3.05, 3.63) is 28.8 Å². The summed E-state index contributed by atoms with van der Waals surface area (Å²) < 4.78 is 0. The van der Waals surface area contributed by atoms with Crippen molar-refractivity contribution in [2.45, 2.75) is 12.8 Å². The van der Waals surface area contributed by atoms with E-state index in [1.165, 1.54) is 4.88 Å². The minimum absolute atomic E-state index is 0.509. The molecule has 68 valence electrons. The van der Waals surface area contributed by atoms with E-state index in [4.69, 9.17) is 11.6 Å². The number of rotatable bonds is 2. The normalized spacial score (nSPS) is 10.6. The number of nitrogens with one attached hydrogen (secondary N) is 1. The molecule has 0 radical (unpaired) electrons. The lowest BCUT2D eigenvalue weighted by atomic mass is 10.2. The van der Waals surface area contributed by atoms with Crippen molar-refractivity contribution in [3.8, 4) is 10.6 Å². The Morgan fingerprint density at radius 3 is 3.08 bits per heavy atom. The Morgan fingerprint density at radius 2 is 2.46 bits per heavy atom. The topological polar surface area (TPSA) is 28.7 Å². The van der Waals surface area contributed by atoms with Crippen molar-refractivity contribution in [2.75, 3.05) is 0 Å². The number of hydrogen-bond acceptors (Lipinski definition) is 2. The summed E-state index contributed by atoms with van der Waals surface area (Å²) in [5, 5.41) is 9.22. The molecule has 1 N–H and O–H groups in total. The quantitative estimate of drug-likeness (QED) is 0.762. The standard InChI is InChI=1S/C9H9ClN2S/c1-6-7(5-10)9(12-11-6)8-3-2-4-13-8/h2-4H,5H2,1H3,(H,11,12). The summed E-state index contributed by atoms with van der Waals surface area (Å²) in [4.78, 5) is 1.17. The molecule has 0 unspecified atom stereocenters. The molecule has 0 fully saturated rings. The lowest BCUT2D eigenvalue weighted by Crippen LogP contribution is -1.81. The van der Waals surface area contributed by atoms with Crippen molar-refractivity contribution in [1.82, 2.24) is 10.2 Å². The molecule has 0 aromatic carbocycles. The van der Waals surface area contributed by atoms with Crippen LogP contribution in [-0.4, -0.2) is 10.2 Å². The first kappa shape index (κ1) is 8.78. The predicted octanol–water partition coefficient (Wildman–Crippen LogP) is 3.19. The zero-order valence-corrected chi connectivity index (χ0v) is 8.75. The molecule has 2 aromatic rings. The van der Waals surface area contributed by atoms with Crippen molar-refractivity contribution in [1.29, 1.82) is 0 Å². The molecule has 2 nitrogen and oxygen atoms in total. The Bertz CT molecular complexity index is 392. The van der Waals surface area contributed by atoms with Gasteiger partial charge in [0.1, 0.15) is 5.69 Å². The lowest BCUT2D eigenvalue weighted by molar-refractivity contribution is 1.05. The van der Waals surface area contributed by atoms with Gasteiger partial charge in [-0.2, -0.15) is 5.10 Å². The maximum Gasteiger partial charge on any atom is 0.107 e. The molecule has 0 bridgehead atoms. The van der Waals surface area contributed by atoms with Crippen LogP contribution >= 0.6 is 22.9 Å². The van der Waals surface area contributed by atoms with E-state index >= 15 is 0 Å². The molecular weight excluding hydrogens is 204 g/mol. The third-order valence-corrected chi connectivity index (χ3v) is 3.11. The number of aryl methyl sites for hydroxylation is 1. The van der Waals surface area contributed by atoms with Gasteiger partial charge in [-0.15, -0.1) is 22.9 Å². The van der Waals surface area contributed by atoms with E-state index in [9.17, 15) is 0 Å². The molecular formula is C9H9ClN2S. The molecule has 2 aromatic heterocycles. The molecule has 0 aliphatic carbocycles. The predicted molar refractivity (Wildman–Crippen MR) is 56.2 cm³/mol. The number of nitrogens with zero attached hydrogens (tertiary/aromatic N) is 1. The highest BCUT2D eigenvalue weighted by atomic mass is 35.5. The summed E-state index contributed by atoms with van der Waals surface area (Å²) in [6.07, 6.45) is 0. The van der Waals surface area contributed by atoms with Gasteiger partial charge in [0, 0.05) is 11.3 Å². The monoisotopic (exact) mass is 212 g/mol. The second-order valence-electron chi connectivity index (χ2n) is 2.79. The summed E-state index contributed by atoms with van der Waals surface area (Å²) in [6.45, 7) is 1.99. The number of H-pyrrole nitrogens is 1. The molecule has 0 atom stereocenters. The van der Waals surface area contributed by atoms with Gasteiger partial charge in [0.25, 0.3) is 0 Å². The highest BCUT2D eigenvalue weighted by Gasteiger charge is 2.11. The second kappa shape index (κ2) is 3.52. The second-order valence-corrected chi connectivity index (χ2v) is 4.00. The largest absolute Gasteiger partial charge is 0.282 e. The Balaban J connectivity index is 2.52. The van der Waals surface area contributed by atoms with Crippen molar-refractivity contribution >= 4 is 22.9 Å². The number of aromatic nitrogens is 2. The summed E-state index contributed by atoms with van der Waals surface area (Å²) in [6, 6.07) is 4.07. The van der Waals surface area contributed by atoms with Crippen LogP contribution < -0.4 is 0 Å². The van der Waals surface area contributed by atoms with Gasteiger partial charge in [-0.1, -0.05) is 6.07 Å². The molecule has 0 aliphatic heterocycles. The van der Waals surface area contributed by atoms with Crippen LogP contribution in [-0.2, 0) is 5.88 Å². The Kier molecular flexibility index (Phi) is 2.38. The maximum absolute atomic E-state index is 5.84. The van der Waals surface area contributed by atoms with Crippen molar-refractivity contribution in [3.63, 3.8) is 0 Å². The molecule has 2 heterocycles. The van der Waals surface area contributed by atoms with Crippen molar-refractivity contribution < 1.29 is 0 Å². The highest BCUT2D eigenvalue weighted by Crippen LogP contribution is 2.28. The van der Waals surface area contributed by atoms with Crippen LogP contribution in [0.1, 0.15) is 11.3 Å². The summed E-state index contributed by atoms with van der Waals surface area (Å²) in [7, 11) is 0. The number of hydrogen-bond donors (Lipinski definition) is 1. The fourth-order valence-corrected chi connectivity index (χ4v) is 2.30. The van der Waals surface area contributed by atoms with Crippen LogP contribution in [0.15, 0.2) is 17.5 Å². The molecule has 0 spiro atoms. The third-order valence-electron chi connectivity index (χ3n) is 1.96. The zero-order chi connectivity index (χ0) is 9.26.